The molecule has 3 fully saturated rings. The second-order valence-electron chi connectivity index (χ2n) is 31.6. The van der Waals surface area contributed by atoms with Gasteiger partial charge in [0.1, 0.15) is 89.5 Å². The summed E-state index contributed by atoms with van der Waals surface area (Å²) < 4.78 is 53.0. The van der Waals surface area contributed by atoms with E-state index in [2.05, 4.69) is 42.5 Å². The number of carboxylic acids is 1. The number of nitrogens with two attached hydrogens (primary N) is 1. The van der Waals surface area contributed by atoms with E-state index in [1.807, 2.05) is 50.2 Å². The summed E-state index contributed by atoms with van der Waals surface area (Å²) in [6.45, 7) is 7.95. The van der Waals surface area contributed by atoms with Gasteiger partial charge in [0.2, 0.25) is 53.4 Å². The Morgan fingerprint density at radius 3 is 1.92 bits per heavy atom. The van der Waals surface area contributed by atoms with Crippen molar-refractivity contribution in [2.24, 2.45) is 11.7 Å². The Kier molecular flexibility index (Phi) is 27.6. The van der Waals surface area contributed by atoms with Crippen molar-refractivity contribution < 1.29 is 122 Å². The second kappa shape index (κ2) is 37.7. The Morgan fingerprint density at radius 2 is 1.29 bits per heavy atom. The van der Waals surface area contributed by atoms with Crippen LogP contribution in [0.1, 0.15) is 137 Å². The molecule has 7 aromatic rings. The topological polar surface area (TPSA) is 515 Å². The van der Waals surface area contributed by atoms with Crippen molar-refractivity contribution in [1.82, 2.24) is 42.5 Å². The zero-order chi connectivity index (χ0) is 87.6. The third kappa shape index (κ3) is 19.7. The molecule has 8 aliphatic heterocycles. The summed E-state index contributed by atoms with van der Waals surface area (Å²) >= 11 is 20.8. The molecule has 8 heterocycles. The normalized spacial score (nSPS) is 28.3. The van der Waals surface area contributed by atoms with E-state index in [-0.39, 0.29) is 70.0 Å². The maximum Gasteiger partial charge on any atom is 0.330 e. The number of carbonyl (C=O) groups is 8. The van der Waals surface area contributed by atoms with Crippen LogP contribution in [0.15, 0.2) is 127 Å². The average Bonchev–Trinajstić information content (AvgIpc) is 0.763. The molecule has 0 saturated carbocycles. The molecule has 0 spiro atoms. The van der Waals surface area contributed by atoms with Crippen molar-refractivity contribution in [3.8, 4) is 68.2 Å². The van der Waals surface area contributed by atoms with Gasteiger partial charge in [-0.2, -0.15) is 0 Å². The summed E-state index contributed by atoms with van der Waals surface area (Å²) in [6.07, 6.45) is -18.6. The second-order valence-corrected chi connectivity index (χ2v) is 32.9. The Balaban J connectivity index is 1.01. The van der Waals surface area contributed by atoms with Crippen molar-refractivity contribution in [3.63, 3.8) is 0 Å². The Hall–Kier alpha value is -10.5. The number of halogens is 3. The van der Waals surface area contributed by atoms with Crippen LogP contribution in [0.4, 0.5) is 0 Å². The number of phenolic OH excluding ortho intramolecular Hbond substituents is 3. The van der Waals surface area contributed by atoms with Crippen LogP contribution >= 0.6 is 34.8 Å². The van der Waals surface area contributed by atoms with E-state index < -0.39 is 239 Å². The van der Waals surface area contributed by atoms with Crippen molar-refractivity contribution in [3.05, 3.63) is 176 Å². The number of phenols is 3. The van der Waals surface area contributed by atoms with Gasteiger partial charge in [0, 0.05) is 46.3 Å². The molecule has 8 aliphatic rings. The molecular weight excluding hydrogens is 1650 g/mol. The predicted octanol–water partition coefficient (Wildman–Crippen LogP) is 6.20. The predicted molar refractivity (Wildman–Crippen MR) is 436 cm³/mol. The van der Waals surface area contributed by atoms with Crippen LogP contribution in [-0.2, 0) is 68.6 Å². The van der Waals surface area contributed by atoms with Gasteiger partial charge in [0.05, 0.1) is 47.4 Å². The highest BCUT2D eigenvalue weighted by atomic mass is 35.5. The number of aliphatic hydroxyl groups is 5. The van der Waals surface area contributed by atoms with Gasteiger partial charge in [-0.15, -0.1) is 0 Å². The lowest BCUT2D eigenvalue weighted by Crippen LogP contribution is -2.65. The number of carboxylic acid groups (broad SMARTS) is 1. The number of benzene rings is 7. The number of likely N-dealkylation sites (N-methyl/N-ethyl adjacent to an activating group) is 1. The van der Waals surface area contributed by atoms with Crippen LogP contribution in [0.2, 0.25) is 15.1 Å². The molecule has 0 aliphatic carbocycles. The number of rotatable bonds is 19. The molecular formula is C85H94Cl3N9O25. The standard InChI is InChI=1S/C85H94Cl3N9O25/c1-36(2)24-52(90-6)77(107)96-68-70(103)43-17-22-56(50(87)26-43)117-58-28-45-29-59(74(58)122-84-75(72(105)71(104)60(35-98)119-84)121-63-33-85(5,76(106)38(4)116-63)91-34-39-10-12-40(13-11-39)41-14-19-46(86)20-15-41)118-57-23-18-44(27-51(57)88)73(120-62-9-7-8-37(3)115-62)69-82(112)95-67(83(113)114)49-30-47(99)31-55(101)64(49)48-25-42(16-21-54(48)100)65(79(109)97-69)94-80(110)66(45)93-78(108)53(32-61(89)102)92-81(68)111/h10-23,25-31,36-38,52-53,60,62-63,65-73,75-76,84,90-91,98-101,103-106H,7-9,24,32-35H2,1-6H3,(H2,89,102)(H,92,111)(H,93,108)(H,94,110)(H,95,112)(H,96,107)(H,97,109)(H,113,114)/t37-,38?,52-,53-,60-,62+,63-,65+,66+,67+,68+,69-,70+,71-,72-,73+,75-,76-,84-,85-/m1/s1. The van der Waals surface area contributed by atoms with Gasteiger partial charge in [-0.3, -0.25) is 33.6 Å². The Morgan fingerprint density at radius 1 is 0.656 bits per heavy atom. The fraction of sp³-hybridized carbons (Fsp3) is 0.412. The largest absolute Gasteiger partial charge is 0.508 e. The zero-order valence-corrected chi connectivity index (χ0v) is 68.9. The number of amides is 7. The molecule has 650 valence electrons. The minimum absolute atomic E-state index is 0.0491. The lowest BCUT2D eigenvalue weighted by atomic mass is 9.84. The first kappa shape index (κ1) is 89.3. The van der Waals surface area contributed by atoms with Gasteiger partial charge in [-0.1, -0.05) is 103 Å². The highest BCUT2D eigenvalue weighted by Gasteiger charge is 2.53. The zero-order valence-electron chi connectivity index (χ0n) is 66.6. The van der Waals surface area contributed by atoms with Crippen LogP contribution < -0.4 is 62.5 Å². The molecule has 19 N–H and O–H groups in total. The first-order valence-corrected chi connectivity index (χ1v) is 40.6. The minimum atomic E-state index is -2.36. The van der Waals surface area contributed by atoms with Gasteiger partial charge < -0.3 is 132 Å². The maximum absolute atomic E-state index is 16.5. The molecule has 20 atom stereocenters. The van der Waals surface area contributed by atoms with Crippen LogP contribution in [0.25, 0.3) is 22.3 Å². The van der Waals surface area contributed by atoms with Crippen LogP contribution in [0, 0.1) is 5.92 Å². The molecule has 7 aromatic carbocycles. The molecule has 122 heavy (non-hydrogen) atoms. The lowest BCUT2D eigenvalue weighted by Gasteiger charge is -2.48. The molecule has 3 saturated heterocycles. The summed E-state index contributed by atoms with van der Waals surface area (Å²) in [5.41, 5.74) is 4.79. The number of aliphatic hydroxyl groups excluding tert-OH is 5. The quantitative estimate of drug-likeness (QED) is 0.0428. The van der Waals surface area contributed by atoms with Gasteiger partial charge >= 0.3 is 5.97 Å². The molecule has 0 radical (unpaired) electrons. The summed E-state index contributed by atoms with van der Waals surface area (Å²) in [6, 6.07) is 15.4. The number of hydrogen-bond donors (Lipinski definition) is 18. The van der Waals surface area contributed by atoms with E-state index in [0.717, 1.165) is 65.2 Å². The van der Waals surface area contributed by atoms with E-state index in [1.165, 1.54) is 37.4 Å². The average molecular weight is 1750 g/mol. The van der Waals surface area contributed by atoms with Crippen molar-refractivity contribution in [2.75, 3.05) is 13.7 Å². The number of hydrogen-bond acceptors (Lipinski definition) is 26. The molecule has 11 bridgehead atoms. The van der Waals surface area contributed by atoms with Crippen LogP contribution in [0.5, 0.6) is 46.0 Å². The van der Waals surface area contributed by atoms with E-state index in [0.29, 0.717) is 17.9 Å². The molecule has 15 rings (SSSR count). The van der Waals surface area contributed by atoms with Gasteiger partial charge in [0.15, 0.2) is 36.2 Å². The highest BCUT2D eigenvalue weighted by Crippen LogP contribution is 2.51. The van der Waals surface area contributed by atoms with Gasteiger partial charge in [0.25, 0.3) is 0 Å². The summed E-state index contributed by atoms with van der Waals surface area (Å²) in [4.78, 5) is 120. The minimum Gasteiger partial charge on any atom is -0.508 e. The van der Waals surface area contributed by atoms with E-state index in [9.17, 15) is 60.3 Å². The number of nitrogens with one attached hydrogen (secondary N) is 8. The lowest BCUT2D eigenvalue weighted by molar-refractivity contribution is -0.334. The fourth-order valence-corrected chi connectivity index (χ4v) is 16.4. The third-order valence-corrected chi connectivity index (χ3v) is 23.1. The van der Waals surface area contributed by atoms with Gasteiger partial charge in [-0.05, 0) is 165 Å². The van der Waals surface area contributed by atoms with Crippen molar-refractivity contribution in [1.29, 1.82) is 0 Å². The summed E-state index contributed by atoms with van der Waals surface area (Å²) in [5.74, 6) is -15.5. The van der Waals surface area contributed by atoms with Gasteiger partial charge in [-0.25, -0.2) is 4.79 Å². The smallest absolute Gasteiger partial charge is 0.330 e. The molecule has 1 unspecified atom stereocenters. The number of primary amides is 1. The summed E-state index contributed by atoms with van der Waals surface area (Å²) in [7, 11) is 1.48. The maximum atomic E-state index is 16.5. The number of ether oxygens (including phenoxy) is 8. The van der Waals surface area contributed by atoms with Crippen molar-refractivity contribution in [2.45, 2.75) is 201 Å². The van der Waals surface area contributed by atoms with Crippen LogP contribution in [0.3, 0.4) is 0 Å². The monoisotopic (exact) mass is 1750 g/mol. The van der Waals surface area contributed by atoms with E-state index >= 15 is 24.0 Å². The highest BCUT2D eigenvalue weighted by molar-refractivity contribution is 6.32. The first-order valence-electron chi connectivity index (χ1n) is 39.4. The number of carbonyl (C=O) groups excluding carboxylic acids is 7. The van der Waals surface area contributed by atoms with E-state index in [1.54, 1.807) is 32.9 Å². The van der Waals surface area contributed by atoms with Crippen molar-refractivity contribution >= 4 is 82.1 Å². The number of aromatic hydroxyl groups is 3. The third-order valence-electron chi connectivity index (χ3n) is 22.3. The molecule has 34 nitrogen and oxygen atoms in total. The fourth-order valence-electron chi connectivity index (χ4n) is 15.8. The molecule has 0 aromatic heterocycles. The first-order chi connectivity index (χ1) is 58.0. The van der Waals surface area contributed by atoms with Crippen LogP contribution in [-0.4, -0.2) is 198 Å². The number of fused-ring (bicyclic) bond motifs is 15. The van der Waals surface area contributed by atoms with E-state index in [4.69, 9.17) is 78.4 Å². The SMILES string of the molecule is CN[C@H](CC(C)C)C(=O)N[C@@H]1C(=O)N[C@H](CC(N)=O)C(=O)N[C@@H]2C(=O)N[C@@H]3C(=O)N[C@@H](C(=O)N[C@H](C(=O)O)c4cc(O)cc(O)c4-c4cc3ccc4O)[C@@H](O[C@H]3CCC[C@@H](C)O3)c3ccc(c(Cl)c3)Oc3cc2cc(c3O[C@H]2O[C@H](CO)[C@@H](O)[C@@H](O)[C@H]2O[C@@H]2C[C@@](C)(NCc3ccc(-c4ccc(Cl)cc4)cc3)[C@H](O)C(C)O2)Oc2ccc(cc2Cl)[C@@H]1O. The Bertz CT molecular complexity index is 5110. The number of aliphatic carboxylic acids is 1. The molecule has 37 heteroatoms. The molecule has 7 amide bonds. The summed E-state index contributed by atoms with van der Waals surface area (Å²) in [5, 5.41) is 127. The Labute approximate surface area is 713 Å².